The Morgan fingerprint density at radius 3 is 2.58 bits per heavy atom. The van der Waals surface area contributed by atoms with Gasteiger partial charge in [0.2, 0.25) is 0 Å². The molecule has 5 rings (SSSR count). The van der Waals surface area contributed by atoms with Gasteiger partial charge in [0.1, 0.15) is 11.5 Å². The van der Waals surface area contributed by atoms with E-state index in [0.717, 1.165) is 30.8 Å². The van der Waals surface area contributed by atoms with Crippen LogP contribution in [0.1, 0.15) is 36.0 Å². The summed E-state index contributed by atoms with van der Waals surface area (Å²) in [6.45, 7) is 0.672. The molecule has 2 aromatic heterocycles. The molecule has 0 saturated carbocycles. The number of nitriles is 1. The van der Waals surface area contributed by atoms with Gasteiger partial charge in [0.25, 0.3) is 5.56 Å². The second kappa shape index (κ2) is 8.73. The molecule has 11 heteroatoms. The largest absolute Gasteiger partial charge is 0.505 e. The molecule has 0 unspecified atom stereocenters. The van der Waals surface area contributed by atoms with Gasteiger partial charge in [-0.3, -0.25) is 14.3 Å². The molecule has 2 N–H and O–H groups in total. The summed E-state index contributed by atoms with van der Waals surface area (Å²) in [5.74, 6) is -1.22. The summed E-state index contributed by atoms with van der Waals surface area (Å²) < 4.78 is 54.5. The van der Waals surface area contributed by atoms with Crippen LogP contribution in [0.5, 0.6) is 5.75 Å². The molecule has 7 nitrogen and oxygen atoms in total. The fourth-order valence-corrected chi connectivity index (χ4v) is 4.34. The van der Waals surface area contributed by atoms with Crippen LogP contribution in [0.4, 0.5) is 17.6 Å². The van der Waals surface area contributed by atoms with E-state index >= 15 is 0 Å². The SMILES string of the molecule is N#Cc1cc(-c2ccc(C(F)(F)F)nc2)c2nc([C@H]3CCCN3)n(-c3ccc(O)c(F)c3)c(=O)c2c1. The topological polar surface area (TPSA) is 104 Å². The van der Waals surface area contributed by atoms with Crippen LogP contribution < -0.4 is 10.9 Å². The van der Waals surface area contributed by atoms with E-state index in [1.807, 2.05) is 6.07 Å². The van der Waals surface area contributed by atoms with Gasteiger partial charge in [-0.1, -0.05) is 6.07 Å². The maximum absolute atomic E-state index is 14.2. The monoisotopic (exact) mass is 495 g/mol. The summed E-state index contributed by atoms with van der Waals surface area (Å²) in [5.41, 5.74) is -0.749. The van der Waals surface area contributed by atoms with E-state index in [1.54, 1.807) is 0 Å². The number of aromatic nitrogens is 3. The second-order valence-electron chi connectivity index (χ2n) is 8.36. The van der Waals surface area contributed by atoms with Gasteiger partial charge in [-0.15, -0.1) is 0 Å². The van der Waals surface area contributed by atoms with E-state index in [9.17, 15) is 32.7 Å². The Kier molecular flexibility index (Phi) is 5.68. The van der Waals surface area contributed by atoms with Crippen molar-refractivity contribution in [2.45, 2.75) is 25.1 Å². The van der Waals surface area contributed by atoms with E-state index in [2.05, 4.69) is 10.3 Å². The van der Waals surface area contributed by atoms with Crippen LogP contribution in [-0.4, -0.2) is 26.2 Å². The van der Waals surface area contributed by atoms with Crippen molar-refractivity contribution < 1.29 is 22.7 Å². The number of halogens is 4. The Hall–Kier alpha value is -4.30. The van der Waals surface area contributed by atoms with Crippen molar-refractivity contribution in [1.82, 2.24) is 19.9 Å². The van der Waals surface area contributed by atoms with Crippen molar-refractivity contribution in [3.63, 3.8) is 0 Å². The predicted molar refractivity (Wildman–Crippen MR) is 122 cm³/mol. The molecule has 0 spiro atoms. The molecular weight excluding hydrogens is 478 g/mol. The fraction of sp³-hybridized carbons (Fsp3) is 0.200. The minimum Gasteiger partial charge on any atom is -0.505 e. The lowest BCUT2D eigenvalue weighted by Crippen LogP contribution is -2.29. The molecular formula is C25H17F4N5O2. The fourth-order valence-electron chi connectivity index (χ4n) is 4.34. The van der Waals surface area contributed by atoms with Crippen LogP contribution in [0.15, 0.2) is 53.5 Å². The quantitative estimate of drug-likeness (QED) is 0.403. The standard InChI is InChI=1S/C25H17F4N5O2/c26-18-10-15(4-5-20(18)35)34-23(19-2-1-7-31-19)33-22-16(8-13(11-30)9-17(22)24(34)36)14-3-6-21(32-12-14)25(27,28)29/h3-6,8-10,12,19,31,35H,1-2,7H2/t19-/m1/s1. The number of nitrogens with zero attached hydrogens (tertiary/aromatic N) is 4. The Morgan fingerprint density at radius 1 is 1.17 bits per heavy atom. The van der Waals surface area contributed by atoms with E-state index < -0.39 is 29.0 Å². The minimum atomic E-state index is -4.62. The van der Waals surface area contributed by atoms with Gasteiger partial charge >= 0.3 is 6.18 Å². The highest BCUT2D eigenvalue weighted by Crippen LogP contribution is 2.33. The van der Waals surface area contributed by atoms with Crippen LogP contribution in [0.3, 0.4) is 0 Å². The maximum Gasteiger partial charge on any atom is 0.433 e. The van der Waals surface area contributed by atoms with E-state index in [0.29, 0.717) is 13.0 Å². The lowest BCUT2D eigenvalue weighted by atomic mass is 10.00. The van der Waals surface area contributed by atoms with E-state index in [-0.39, 0.29) is 45.1 Å². The van der Waals surface area contributed by atoms with Crippen molar-refractivity contribution in [1.29, 1.82) is 5.26 Å². The molecule has 0 radical (unpaired) electrons. The Labute approximate surface area is 201 Å². The first kappa shape index (κ1) is 23.4. The van der Waals surface area contributed by atoms with Crippen LogP contribution in [-0.2, 0) is 6.18 Å². The third-order valence-electron chi connectivity index (χ3n) is 6.05. The van der Waals surface area contributed by atoms with Gasteiger partial charge in [0.15, 0.2) is 11.6 Å². The summed E-state index contributed by atoms with van der Waals surface area (Å²) in [6, 6.07) is 9.92. The van der Waals surface area contributed by atoms with Gasteiger partial charge in [-0.25, -0.2) is 9.37 Å². The zero-order chi connectivity index (χ0) is 25.6. The number of aromatic hydroxyl groups is 1. The lowest BCUT2D eigenvalue weighted by Gasteiger charge is -2.19. The first-order valence-corrected chi connectivity index (χ1v) is 10.9. The molecule has 4 aromatic rings. The smallest absolute Gasteiger partial charge is 0.433 e. The van der Waals surface area contributed by atoms with Crippen molar-refractivity contribution >= 4 is 10.9 Å². The average molecular weight is 495 g/mol. The number of pyridine rings is 1. The highest BCUT2D eigenvalue weighted by atomic mass is 19.4. The Morgan fingerprint density at radius 2 is 1.97 bits per heavy atom. The molecule has 0 amide bonds. The number of hydrogen-bond donors (Lipinski definition) is 2. The van der Waals surface area contributed by atoms with Crippen LogP contribution in [0, 0.1) is 17.1 Å². The summed E-state index contributed by atoms with van der Waals surface area (Å²) in [4.78, 5) is 22.0. The summed E-state index contributed by atoms with van der Waals surface area (Å²) >= 11 is 0. The van der Waals surface area contributed by atoms with Gasteiger partial charge < -0.3 is 10.4 Å². The highest BCUT2D eigenvalue weighted by molar-refractivity contribution is 5.94. The number of alkyl halides is 3. The van der Waals surface area contributed by atoms with E-state index in [1.165, 1.54) is 28.8 Å². The van der Waals surface area contributed by atoms with Gasteiger partial charge in [0.05, 0.1) is 34.3 Å². The zero-order valence-electron chi connectivity index (χ0n) is 18.5. The molecule has 1 aliphatic rings. The molecule has 0 aliphatic carbocycles. The Balaban J connectivity index is 1.82. The number of phenols is 1. The number of hydrogen-bond acceptors (Lipinski definition) is 6. The molecule has 1 aliphatic heterocycles. The molecule has 36 heavy (non-hydrogen) atoms. The number of rotatable bonds is 3. The minimum absolute atomic E-state index is 0.0270. The first-order valence-electron chi connectivity index (χ1n) is 10.9. The first-order chi connectivity index (χ1) is 17.2. The van der Waals surface area contributed by atoms with Crippen LogP contribution in [0.25, 0.3) is 27.7 Å². The van der Waals surface area contributed by atoms with Crippen LogP contribution in [0.2, 0.25) is 0 Å². The summed E-state index contributed by atoms with van der Waals surface area (Å²) in [6.07, 6.45) is -2.14. The zero-order valence-corrected chi connectivity index (χ0v) is 18.5. The molecule has 1 fully saturated rings. The normalized spacial score (nSPS) is 15.8. The molecule has 0 bridgehead atoms. The molecule has 1 saturated heterocycles. The second-order valence-corrected chi connectivity index (χ2v) is 8.36. The average Bonchev–Trinajstić information content (AvgIpc) is 3.40. The van der Waals surface area contributed by atoms with Gasteiger partial charge in [-0.05, 0) is 49.7 Å². The van der Waals surface area contributed by atoms with Crippen molar-refractivity contribution in [2.75, 3.05) is 6.54 Å². The summed E-state index contributed by atoms with van der Waals surface area (Å²) in [7, 11) is 0. The Bertz CT molecular complexity index is 1580. The lowest BCUT2D eigenvalue weighted by molar-refractivity contribution is -0.141. The highest BCUT2D eigenvalue weighted by Gasteiger charge is 2.32. The van der Waals surface area contributed by atoms with Crippen molar-refractivity contribution in [2.24, 2.45) is 0 Å². The molecule has 3 heterocycles. The number of phenolic OH excluding ortho intramolecular Hbond substituents is 1. The van der Waals surface area contributed by atoms with Crippen LogP contribution >= 0.6 is 0 Å². The molecule has 182 valence electrons. The third kappa shape index (κ3) is 4.05. The molecule has 1 atom stereocenters. The predicted octanol–water partition coefficient (Wildman–Crippen LogP) is 4.61. The van der Waals surface area contributed by atoms with Crippen molar-refractivity contribution in [3.05, 3.63) is 81.9 Å². The molecule has 2 aromatic carbocycles. The van der Waals surface area contributed by atoms with Crippen molar-refractivity contribution in [3.8, 4) is 28.6 Å². The third-order valence-corrected chi connectivity index (χ3v) is 6.05. The number of fused-ring (bicyclic) bond motifs is 1. The van der Waals surface area contributed by atoms with E-state index in [4.69, 9.17) is 4.98 Å². The summed E-state index contributed by atoms with van der Waals surface area (Å²) in [5, 5.41) is 22.4. The maximum atomic E-state index is 14.2. The van der Waals surface area contributed by atoms with Gasteiger partial charge in [0, 0.05) is 23.4 Å². The number of benzene rings is 2. The number of nitrogens with one attached hydrogen (secondary N) is 1. The van der Waals surface area contributed by atoms with Gasteiger partial charge in [-0.2, -0.15) is 18.4 Å².